The Labute approximate surface area is 205 Å². The number of ether oxygens (including phenoxy) is 2. The van der Waals surface area contributed by atoms with Crippen molar-refractivity contribution in [3.8, 4) is 5.75 Å². The number of benzene rings is 2. The molecule has 2 aromatic carbocycles. The van der Waals surface area contributed by atoms with Gasteiger partial charge in [-0.2, -0.15) is 0 Å². The zero-order chi connectivity index (χ0) is 24.5. The molecule has 3 heterocycles. The van der Waals surface area contributed by atoms with Crippen LogP contribution >= 0.6 is 0 Å². The predicted molar refractivity (Wildman–Crippen MR) is 134 cm³/mol. The smallest absolute Gasteiger partial charge is 0.290 e. The largest absolute Gasteiger partial charge is 0.494 e. The van der Waals surface area contributed by atoms with Crippen molar-refractivity contribution in [2.24, 2.45) is 0 Å². The van der Waals surface area contributed by atoms with E-state index >= 15 is 0 Å². The molecule has 1 fully saturated rings. The van der Waals surface area contributed by atoms with Crippen LogP contribution in [0.25, 0.3) is 11.0 Å². The van der Waals surface area contributed by atoms with Crippen molar-refractivity contribution in [2.75, 3.05) is 46.0 Å². The highest BCUT2D eigenvalue weighted by Crippen LogP contribution is 2.39. The lowest BCUT2D eigenvalue weighted by Crippen LogP contribution is -2.38. The van der Waals surface area contributed by atoms with Crippen LogP contribution in [-0.4, -0.2) is 61.7 Å². The van der Waals surface area contributed by atoms with Gasteiger partial charge in [-0.05, 0) is 68.1 Å². The lowest BCUT2D eigenvalue weighted by molar-refractivity contribution is 0.0353. The van der Waals surface area contributed by atoms with Gasteiger partial charge in [0.1, 0.15) is 11.3 Å². The maximum absolute atomic E-state index is 13.8. The van der Waals surface area contributed by atoms with Crippen LogP contribution in [0.5, 0.6) is 5.75 Å². The molecule has 2 aliphatic heterocycles. The summed E-state index contributed by atoms with van der Waals surface area (Å²) in [5.41, 5.74) is 3.64. The van der Waals surface area contributed by atoms with Gasteiger partial charge in [0.05, 0.1) is 36.8 Å². The highest BCUT2D eigenvalue weighted by Gasteiger charge is 2.42. The Hall–Kier alpha value is -3.16. The summed E-state index contributed by atoms with van der Waals surface area (Å²) in [4.78, 5) is 31.6. The standard InChI is InChI=1S/C28H32N2O5/c1-4-34-21-8-5-7-20(17-21)25-24-26(31)22-15-18(2)19(3)16-23(22)35-27(24)28(32)30(25)10-6-9-29-11-13-33-14-12-29/h5,7-8,15-17,25H,4,6,9-14H2,1-3H3/t25-/m0/s1. The number of fused-ring (bicyclic) bond motifs is 2. The summed E-state index contributed by atoms with van der Waals surface area (Å²) >= 11 is 0. The summed E-state index contributed by atoms with van der Waals surface area (Å²) in [5, 5.41) is 0.515. The molecule has 0 N–H and O–H groups in total. The zero-order valence-corrected chi connectivity index (χ0v) is 20.6. The highest BCUT2D eigenvalue weighted by atomic mass is 16.5. The summed E-state index contributed by atoms with van der Waals surface area (Å²) < 4.78 is 17.3. The SMILES string of the molecule is CCOc1cccc([C@H]2c3c(oc4cc(C)c(C)cc4c3=O)C(=O)N2CCCN2CCOCC2)c1. The van der Waals surface area contributed by atoms with Crippen molar-refractivity contribution in [3.05, 3.63) is 74.6 Å². The van der Waals surface area contributed by atoms with Crippen LogP contribution in [0.1, 0.15) is 52.2 Å². The van der Waals surface area contributed by atoms with Crippen LogP contribution in [-0.2, 0) is 4.74 Å². The number of amides is 1. The minimum Gasteiger partial charge on any atom is -0.494 e. The first-order valence-corrected chi connectivity index (χ1v) is 12.4. The molecule has 0 spiro atoms. The third-order valence-corrected chi connectivity index (χ3v) is 7.04. The van der Waals surface area contributed by atoms with Gasteiger partial charge in [0.25, 0.3) is 5.91 Å². The van der Waals surface area contributed by atoms with E-state index in [1.54, 1.807) is 4.90 Å². The fraction of sp³-hybridized carbons (Fsp3) is 0.429. The molecule has 0 aliphatic carbocycles. The lowest BCUT2D eigenvalue weighted by Gasteiger charge is -2.29. The van der Waals surface area contributed by atoms with Gasteiger partial charge >= 0.3 is 0 Å². The number of carbonyl (C=O) groups excluding carboxylic acids is 1. The molecule has 184 valence electrons. The van der Waals surface area contributed by atoms with E-state index in [4.69, 9.17) is 13.9 Å². The van der Waals surface area contributed by atoms with Crippen molar-refractivity contribution in [1.82, 2.24) is 9.80 Å². The molecule has 0 unspecified atom stereocenters. The van der Waals surface area contributed by atoms with Crippen LogP contribution in [0, 0.1) is 13.8 Å². The third-order valence-electron chi connectivity index (χ3n) is 7.04. The van der Waals surface area contributed by atoms with Gasteiger partial charge in [-0.15, -0.1) is 0 Å². The highest BCUT2D eigenvalue weighted by molar-refractivity contribution is 5.99. The lowest BCUT2D eigenvalue weighted by atomic mass is 9.97. The molecule has 7 heteroatoms. The number of hydrogen-bond acceptors (Lipinski definition) is 6. The van der Waals surface area contributed by atoms with Crippen molar-refractivity contribution in [1.29, 1.82) is 0 Å². The molecule has 3 aromatic rings. The number of morpholine rings is 1. The number of rotatable bonds is 7. The fourth-order valence-corrected chi connectivity index (χ4v) is 5.08. The van der Waals surface area contributed by atoms with Crippen LogP contribution in [0.15, 0.2) is 45.6 Å². The Morgan fingerprint density at radius 1 is 1.03 bits per heavy atom. The second-order valence-electron chi connectivity index (χ2n) is 9.32. The summed E-state index contributed by atoms with van der Waals surface area (Å²) in [7, 11) is 0. The van der Waals surface area contributed by atoms with Crippen LogP contribution in [0.4, 0.5) is 0 Å². The van der Waals surface area contributed by atoms with Crippen molar-refractivity contribution in [2.45, 2.75) is 33.2 Å². The molecule has 7 nitrogen and oxygen atoms in total. The Bertz CT molecular complexity index is 1310. The number of aryl methyl sites for hydroxylation is 2. The summed E-state index contributed by atoms with van der Waals surface area (Å²) in [6.45, 7) is 11.1. The van der Waals surface area contributed by atoms with Gasteiger partial charge < -0.3 is 18.8 Å². The first-order valence-electron chi connectivity index (χ1n) is 12.4. The normalized spacial score (nSPS) is 18.3. The van der Waals surface area contributed by atoms with Gasteiger partial charge in [0.15, 0.2) is 5.43 Å². The van der Waals surface area contributed by atoms with Gasteiger partial charge in [-0.3, -0.25) is 14.5 Å². The van der Waals surface area contributed by atoms with E-state index in [-0.39, 0.29) is 17.1 Å². The Kier molecular flexibility index (Phi) is 6.62. The zero-order valence-electron chi connectivity index (χ0n) is 20.6. The topological polar surface area (TPSA) is 72.2 Å². The molecule has 0 saturated carbocycles. The number of nitrogens with zero attached hydrogens (tertiary/aromatic N) is 2. The first kappa shape index (κ1) is 23.6. The van der Waals surface area contributed by atoms with Gasteiger partial charge in [0.2, 0.25) is 5.76 Å². The second-order valence-corrected chi connectivity index (χ2v) is 9.32. The average Bonchev–Trinajstić information content (AvgIpc) is 3.13. The minimum atomic E-state index is -0.509. The van der Waals surface area contributed by atoms with Crippen molar-refractivity contribution >= 4 is 16.9 Å². The van der Waals surface area contributed by atoms with E-state index in [9.17, 15) is 9.59 Å². The molecule has 0 radical (unpaired) electrons. The maximum Gasteiger partial charge on any atom is 0.290 e. The van der Waals surface area contributed by atoms with E-state index in [1.165, 1.54) is 0 Å². The van der Waals surface area contributed by atoms with Crippen LogP contribution in [0.3, 0.4) is 0 Å². The molecule has 2 aliphatic rings. The molecule has 35 heavy (non-hydrogen) atoms. The van der Waals surface area contributed by atoms with Gasteiger partial charge in [-0.25, -0.2) is 0 Å². The Morgan fingerprint density at radius 2 is 1.80 bits per heavy atom. The summed E-state index contributed by atoms with van der Waals surface area (Å²) in [5.74, 6) is 0.644. The molecule has 5 rings (SSSR count). The Morgan fingerprint density at radius 3 is 2.57 bits per heavy atom. The van der Waals surface area contributed by atoms with Gasteiger partial charge in [-0.1, -0.05) is 12.1 Å². The fourth-order valence-electron chi connectivity index (χ4n) is 5.08. The second kappa shape index (κ2) is 9.84. The van der Waals surface area contributed by atoms with Crippen LogP contribution < -0.4 is 10.2 Å². The summed E-state index contributed by atoms with van der Waals surface area (Å²) in [6, 6.07) is 10.9. The predicted octanol–water partition coefficient (Wildman–Crippen LogP) is 4.08. The van der Waals surface area contributed by atoms with E-state index in [0.717, 1.165) is 61.7 Å². The molecule has 1 aromatic heterocycles. The molecule has 1 saturated heterocycles. The third kappa shape index (κ3) is 4.46. The quantitative estimate of drug-likeness (QED) is 0.512. The molecule has 1 atom stereocenters. The molecule has 1 amide bonds. The molecular formula is C28H32N2O5. The van der Waals surface area contributed by atoms with Crippen molar-refractivity contribution in [3.63, 3.8) is 0 Å². The van der Waals surface area contributed by atoms with Gasteiger partial charge in [0, 0.05) is 26.2 Å². The average molecular weight is 477 g/mol. The van der Waals surface area contributed by atoms with Crippen molar-refractivity contribution < 1.29 is 18.7 Å². The Balaban J connectivity index is 1.56. The maximum atomic E-state index is 13.8. The van der Waals surface area contributed by atoms with E-state index in [2.05, 4.69) is 4.90 Å². The number of hydrogen-bond donors (Lipinski definition) is 0. The monoisotopic (exact) mass is 476 g/mol. The number of carbonyl (C=O) groups is 1. The molecular weight excluding hydrogens is 444 g/mol. The van der Waals surface area contributed by atoms with E-state index in [1.807, 2.05) is 57.2 Å². The van der Waals surface area contributed by atoms with Crippen LogP contribution in [0.2, 0.25) is 0 Å². The molecule has 0 bridgehead atoms. The minimum absolute atomic E-state index is 0.139. The van der Waals surface area contributed by atoms with E-state index in [0.29, 0.717) is 29.7 Å². The van der Waals surface area contributed by atoms with E-state index < -0.39 is 6.04 Å². The summed E-state index contributed by atoms with van der Waals surface area (Å²) in [6.07, 6.45) is 0.799. The first-order chi connectivity index (χ1) is 17.0.